The quantitative estimate of drug-likeness (QED) is 0.728. The first-order chi connectivity index (χ1) is 12.6. The van der Waals surface area contributed by atoms with E-state index >= 15 is 0 Å². The van der Waals surface area contributed by atoms with Crippen LogP contribution in [0.15, 0.2) is 57.7 Å². The van der Waals surface area contributed by atoms with Crippen molar-refractivity contribution in [2.24, 2.45) is 0 Å². The van der Waals surface area contributed by atoms with E-state index in [9.17, 15) is 9.59 Å². The first-order valence-electron chi connectivity index (χ1n) is 9.05. The Labute approximate surface area is 151 Å². The SMILES string of the molecule is Cc1ccc(CC(=O)N2CCC(n3c(=O)oc4ccccc43)CC2)cc1. The number of aromatic nitrogens is 1. The van der Waals surface area contributed by atoms with Gasteiger partial charge in [-0.05, 0) is 37.5 Å². The van der Waals surface area contributed by atoms with Crippen LogP contribution in [0.5, 0.6) is 0 Å². The summed E-state index contributed by atoms with van der Waals surface area (Å²) in [7, 11) is 0. The number of carbonyl (C=O) groups is 1. The van der Waals surface area contributed by atoms with Crippen LogP contribution in [0.25, 0.3) is 11.1 Å². The summed E-state index contributed by atoms with van der Waals surface area (Å²) in [6, 6.07) is 15.7. The third-order valence-electron chi connectivity index (χ3n) is 5.18. The van der Waals surface area contributed by atoms with E-state index in [1.54, 1.807) is 4.57 Å². The fourth-order valence-corrected chi connectivity index (χ4v) is 3.70. The maximum Gasteiger partial charge on any atom is 0.420 e. The van der Waals surface area contributed by atoms with Crippen LogP contribution in [0.4, 0.5) is 0 Å². The van der Waals surface area contributed by atoms with Gasteiger partial charge in [-0.25, -0.2) is 4.79 Å². The minimum absolute atomic E-state index is 0.0783. The average molecular weight is 350 g/mol. The molecule has 0 atom stereocenters. The zero-order valence-electron chi connectivity index (χ0n) is 14.9. The molecule has 0 bridgehead atoms. The molecule has 0 unspecified atom stereocenters. The molecular formula is C21H22N2O3. The molecule has 1 aliphatic heterocycles. The predicted octanol–water partition coefficient (Wildman–Crippen LogP) is 3.31. The maximum absolute atomic E-state index is 12.6. The lowest BCUT2D eigenvalue weighted by molar-refractivity contribution is -0.131. The van der Waals surface area contributed by atoms with E-state index in [0.717, 1.165) is 23.9 Å². The molecule has 0 N–H and O–H groups in total. The van der Waals surface area contributed by atoms with Crippen LogP contribution < -0.4 is 5.76 Å². The monoisotopic (exact) mass is 350 g/mol. The van der Waals surface area contributed by atoms with Crippen molar-refractivity contribution in [1.82, 2.24) is 9.47 Å². The minimum atomic E-state index is -0.310. The molecule has 26 heavy (non-hydrogen) atoms. The third-order valence-corrected chi connectivity index (χ3v) is 5.18. The molecule has 5 nitrogen and oxygen atoms in total. The van der Waals surface area contributed by atoms with Crippen molar-refractivity contribution in [3.05, 3.63) is 70.2 Å². The first-order valence-corrected chi connectivity index (χ1v) is 9.05. The van der Waals surface area contributed by atoms with Gasteiger partial charge in [0.2, 0.25) is 5.91 Å². The molecule has 1 aromatic heterocycles. The summed E-state index contributed by atoms with van der Waals surface area (Å²) in [6.45, 7) is 3.38. The molecule has 4 rings (SSSR count). The van der Waals surface area contributed by atoms with E-state index in [1.807, 2.05) is 60.4 Å². The topological polar surface area (TPSA) is 55.5 Å². The predicted molar refractivity (Wildman–Crippen MR) is 100 cm³/mol. The zero-order valence-corrected chi connectivity index (χ0v) is 14.9. The van der Waals surface area contributed by atoms with E-state index in [0.29, 0.717) is 25.1 Å². The van der Waals surface area contributed by atoms with Crippen LogP contribution in [0.2, 0.25) is 0 Å². The summed E-state index contributed by atoms with van der Waals surface area (Å²) in [5.74, 6) is -0.160. The molecular weight excluding hydrogens is 328 g/mol. The molecule has 5 heteroatoms. The highest BCUT2D eigenvalue weighted by Gasteiger charge is 2.26. The standard InChI is InChI=1S/C21H22N2O3/c1-15-6-8-16(9-7-15)14-20(24)22-12-10-17(11-13-22)23-18-4-2-3-5-19(18)26-21(23)25/h2-9,17H,10-14H2,1H3. The Morgan fingerprint density at radius 3 is 2.50 bits per heavy atom. The lowest BCUT2D eigenvalue weighted by Gasteiger charge is -2.32. The summed E-state index contributed by atoms with van der Waals surface area (Å²) < 4.78 is 7.09. The van der Waals surface area contributed by atoms with Gasteiger partial charge in [-0.15, -0.1) is 0 Å². The molecule has 134 valence electrons. The molecule has 2 heterocycles. The number of fused-ring (bicyclic) bond motifs is 1. The van der Waals surface area contributed by atoms with E-state index in [-0.39, 0.29) is 17.7 Å². The van der Waals surface area contributed by atoms with Crippen molar-refractivity contribution >= 4 is 17.0 Å². The number of piperidine rings is 1. The van der Waals surface area contributed by atoms with Crippen LogP contribution in [0.1, 0.15) is 30.0 Å². The number of para-hydroxylation sites is 2. The van der Waals surface area contributed by atoms with Crippen molar-refractivity contribution < 1.29 is 9.21 Å². The van der Waals surface area contributed by atoms with Crippen molar-refractivity contribution in [3.8, 4) is 0 Å². The highest BCUT2D eigenvalue weighted by molar-refractivity contribution is 5.79. The number of amides is 1. The zero-order chi connectivity index (χ0) is 18.1. The van der Waals surface area contributed by atoms with Gasteiger partial charge in [-0.1, -0.05) is 42.0 Å². The Kier molecular flexibility index (Phi) is 4.37. The maximum atomic E-state index is 12.6. The summed E-state index contributed by atoms with van der Waals surface area (Å²) in [5, 5.41) is 0. The summed E-state index contributed by atoms with van der Waals surface area (Å²) in [4.78, 5) is 26.7. The summed E-state index contributed by atoms with van der Waals surface area (Å²) >= 11 is 0. The summed E-state index contributed by atoms with van der Waals surface area (Å²) in [5.41, 5.74) is 3.69. The van der Waals surface area contributed by atoms with Crippen LogP contribution >= 0.6 is 0 Å². The molecule has 1 amide bonds. The Hall–Kier alpha value is -2.82. The minimum Gasteiger partial charge on any atom is -0.408 e. The van der Waals surface area contributed by atoms with Gasteiger partial charge in [0.1, 0.15) is 0 Å². The number of hydrogen-bond donors (Lipinski definition) is 0. The lowest BCUT2D eigenvalue weighted by atomic mass is 10.0. The number of oxazole rings is 1. The van der Waals surface area contributed by atoms with E-state index in [1.165, 1.54) is 5.56 Å². The van der Waals surface area contributed by atoms with Gasteiger partial charge < -0.3 is 9.32 Å². The van der Waals surface area contributed by atoms with Gasteiger partial charge in [0.05, 0.1) is 11.9 Å². The fraction of sp³-hybridized carbons (Fsp3) is 0.333. The largest absolute Gasteiger partial charge is 0.420 e. The second kappa shape index (κ2) is 6.83. The second-order valence-electron chi connectivity index (χ2n) is 6.98. The van der Waals surface area contributed by atoms with Crippen LogP contribution in [-0.4, -0.2) is 28.5 Å². The fourth-order valence-electron chi connectivity index (χ4n) is 3.70. The van der Waals surface area contributed by atoms with Gasteiger partial charge in [0.15, 0.2) is 5.58 Å². The molecule has 1 saturated heterocycles. The molecule has 0 aliphatic carbocycles. The Bertz CT molecular complexity index is 976. The van der Waals surface area contributed by atoms with E-state index < -0.39 is 0 Å². The smallest absolute Gasteiger partial charge is 0.408 e. The Balaban J connectivity index is 1.43. The van der Waals surface area contributed by atoms with Crippen LogP contribution in [-0.2, 0) is 11.2 Å². The number of aryl methyl sites for hydroxylation is 1. The number of carbonyl (C=O) groups excluding carboxylic acids is 1. The molecule has 1 fully saturated rings. The van der Waals surface area contributed by atoms with Crippen molar-refractivity contribution in [2.75, 3.05) is 13.1 Å². The first kappa shape index (κ1) is 16.6. The molecule has 2 aromatic carbocycles. The highest BCUT2D eigenvalue weighted by Crippen LogP contribution is 2.26. The van der Waals surface area contributed by atoms with Gasteiger partial charge >= 0.3 is 5.76 Å². The third kappa shape index (κ3) is 3.17. The average Bonchev–Trinajstić information content (AvgIpc) is 2.99. The Morgan fingerprint density at radius 1 is 1.08 bits per heavy atom. The number of nitrogens with zero attached hydrogens (tertiary/aromatic N) is 2. The van der Waals surface area contributed by atoms with Crippen molar-refractivity contribution in [3.63, 3.8) is 0 Å². The lowest BCUT2D eigenvalue weighted by Crippen LogP contribution is -2.41. The highest BCUT2D eigenvalue weighted by atomic mass is 16.4. The van der Waals surface area contributed by atoms with Gasteiger partial charge in [-0.3, -0.25) is 9.36 Å². The number of rotatable bonds is 3. The van der Waals surface area contributed by atoms with Gasteiger partial charge in [0.25, 0.3) is 0 Å². The van der Waals surface area contributed by atoms with Crippen LogP contribution in [0, 0.1) is 6.92 Å². The molecule has 1 aliphatic rings. The van der Waals surface area contributed by atoms with Gasteiger partial charge in [-0.2, -0.15) is 0 Å². The van der Waals surface area contributed by atoms with E-state index in [4.69, 9.17) is 4.42 Å². The molecule has 0 saturated carbocycles. The number of benzene rings is 2. The van der Waals surface area contributed by atoms with Crippen LogP contribution in [0.3, 0.4) is 0 Å². The molecule has 0 radical (unpaired) electrons. The van der Waals surface area contributed by atoms with Crippen molar-refractivity contribution in [2.45, 2.75) is 32.2 Å². The van der Waals surface area contributed by atoms with E-state index in [2.05, 4.69) is 0 Å². The van der Waals surface area contributed by atoms with Gasteiger partial charge in [0, 0.05) is 19.1 Å². The summed E-state index contributed by atoms with van der Waals surface area (Å²) in [6.07, 6.45) is 1.96. The second-order valence-corrected chi connectivity index (χ2v) is 6.98. The van der Waals surface area contributed by atoms with Crippen molar-refractivity contribution in [1.29, 1.82) is 0 Å². The number of hydrogen-bond acceptors (Lipinski definition) is 3. The molecule has 3 aromatic rings. The number of likely N-dealkylation sites (tertiary alicyclic amines) is 1. The molecule has 0 spiro atoms. The normalized spacial score (nSPS) is 15.5. The Morgan fingerprint density at radius 2 is 1.77 bits per heavy atom.